The molecule has 19 heavy (non-hydrogen) atoms. The van der Waals surface area contributed by atoms with E-state index in [1.807, 2.05) is 0 Å². The van der Waals surface area contributed by atoms with Crippen molar-refractivity contribution in [3.05, 3.63) is 23.6 Å². The zero-order valence-electron chi connectivity index (χ0n) is 11.1. The number of methoxy groups -OCH3 is 1. The summed E-state index contributed by atoms with van der Waals surface area (Å²) >= 11 is 0. The number of halogens is 1. The monoisotopic (exact) mass is 265 g/mol. The second kappa shape index (κ2) is 5.06. The van der Waals surface area contributed by atoms with Crippen LogP contribution < -0.4 is 16.0 Å². The molecule has 0 bridgehead atoms. The highest BCUT2D eigenvalue weighted by atomic mass is 19.1. The highest BCUT2D eigenvalue weighted by Gasteiger charge is 2.46. The van der Waals surface area contributed by atoms with Gasteiger partial charge in [-0.05, 0) is 49.5 Å². The fourth-order valence-electron chi connectivity index (χ4n) is 3.12. The lowest BCUT2D eigenvalue weighted by Gasteiger charge is -2.27. The summed E-state index contributed by atoms with van der Waals surface area (Å²) in [7, 11) is 1.43. The molecule has 5 heteroatoms. The van der Waals surface area contributed by atoms with Crippen molar-refractivity contribution in [2.45, 2.75) is 31.7 Å². The maximum absolute atomic E-state index is 14.4. The van der Waals surface area contributed by atoms with Crippen molar-refractivity contribution in [1.29, 1.82) is 0 Å². The lowest BCUT2D eigenvalue weighted by molar-refractivity contribution is 0.279. The first-order valence-corrected chi connectivity index (χ1v) is 6.90. The Bertz CT molecular complexity index is 448. The van der Waals surface area contributed by atoms with Crippen molar-refractivity contribution in [2.24, 2.45) is 23.6 Å². The summed E-state index contributed by atoms with van der Waals surface area (Å²) in [5.41, 5.74) is 3.41. The van der Waals surface area contributed by atoms with Crippen molar-refractivity contribution in [2.75, 3.05) is 7.11 Å². The molecular formula is C14H20FN3O. The molecule has 2 aliphatic rings. The average Bonchev–Trinajstić information content (AvgIpc) is 3.29. The number of rotatable bonds is 6. The average molecular weight is 265 g/mol. The van der Waals surface area contributed by atoms with Gasteiger partial charge in [-0.3, -0.25) is 11.3 Å². The minimum atomic E-state index is -0.390. The van der Waals surface area contributed by atoms with Crippen molar-refractivity contribution < 1.29 is 9.13 Å². The van der Waals surface area contributed by atoms with Gasteiger partial charge in [-0.25, -0.2) is 9.37 Å². The van der Waals surface area contributed by atoms with Gasteiger partial charge in [0.25, 0.3) is 0 Å². The van der Waals surface area contributed by atoms with Crippen LogP contribution >= 0.6 is 0 Å². The van der Waals surface area contributed by atoms with Crippen LogP contribution in [0.2, 0.25) is 0 Å². The van der Waals surface area contributed by atoms with Crippen LogP contribution in [0.5, 0.6) is 5.88 Å². The number of nitrogens with zero attached hydrogens (tertiary/aromatic N) is 1. The van der Waals surface area contributed by atoms with Crippen LogP contribution in [0.3, 0.4) is 0 Å². The number of nitrogens with one attached hydrogen (secondary N) is 1. The van der Waals surface area contributed by atoms with E-state index in [9.17, 15) is 4.39 Å². The normalized spacial score (nSPS) is 20.6. The summed E-state index contributed by atoms with van der Waals surface area (Å²) in [6.07, 6.45) is 6.54. The van der Waals surface area contributed by atoms with Crippen LogP contribution in [0.25, 0.3) is 0 Å². The molecule has 0 amide bonds. The van der Waals surface area contributed by atoms with E-state index in [1.54, 1.807) is 12.3 Å². The summed E-state index contributed by atoms with van der Waals surface area (Å²) in [5, 5.41) is 0. The summed E-state index contributed by atoms with van der Waals surface area (Å²) in [6, 6.07) is 1.57. The van der Waals surface area contributed by atoms with Crippen LogP contribution in [0.1, 0.15) is 37.3 Å². The number of ether oxygens (including phenoxy) is 1. The van der Waals surface area contributed by atoms with E-state index in [0.717, 1.165) is 0 Å². The molecule has 1 aromatic heterocycles. The standard InChI is InChI=1S/C14H20FN3O/c1-19-14-12(15)10(6-7-17-14)13(18-16)11(8-2-3-8)9-4-5-9/h6-9,11,13,18H,2-5,16H2,1H3. The zero-order valence-corrected chi connectivity index (χ0v) is 11.1. The molecule has 1 aromatic rings. The maximum Gasteiger partial charge on any atom is 0.250 e. The van der Waals surface area contributed by atoms with Gasteiger partial charge in [0.2, 0.25) is 5.88 Å². The molecular weight excluding hydrogens is 245 g/mol. The summed E-state index contributed by atoms with van der Waals surface area (Å²) in [5.74, 6) is 7.19. The van der Waals surface area contributed by atoms with E-state index in [0.29, 0.717) is 23.3 Å². The number of aromatic nitrogens is 1. The van der Waals surface area contributed by atoms with E-state index >= 15 is 0 Å². The van der Waals surface area contributed by atoms with Crippen molar-refractivity contribution in [1.82, 2.24) is 10.4 Å². The number of pyridine rings is 1. The fourth-order valence-corrected chi connectivity index (χ4v) is 3.12. The quantitative estimate of drug-likeness (QED) is 0.611. The van der Waals surface area contributed by atoms with Gasteiger partial charge in [-0.2, -0.15) is 0 Å². The third-order valence-corrected chi connectivity index (χ3v) is 4.31. The molecule has 1 heterocycles. The highest BCUT2D eigenvalue weighted by Crippen LogP contribution is 2.54. The van der Waals surface area contributed by atoms with Gasteiger partial charge in [0.15, 0.2) is 5.82 Å². The van der Waals surface area contributed by atoms with Crippen LogP contribution in [-0.4, -0.2) is 12.1 Å². The second-order valence-corrected chi connectivity index (χ2v) is 5.62. The molecule has 4 nitrogen and oxygen atoms in total. The lowest BCUT2D eigenvalue weighted by Crippen LogP contribution is -2.36. The second-order valence-electron chi connectivity index (χ2n) is 5.62. The molecule has 0 aliphatic heterocycles. The molecule has 1 atom stereocenters. The molecule has 104 valence electrons. The number of hydrogen-bond acceptors (Lipinski definition) is 4. The Balaban J connectivity index is 1.92. The van der Waals surface area contributed by atoms with Crippen molar-refractivity contribution >= 4 is 0 Å². The molecule has 2 fully saturated rings. The smallest absolute Gasteiger partial charge is 0.250 e. The summed E-state index contributed by atoms with van der Waals surface area (Å²) in [6.45, 7) is 0. The molecule has 0 radical (unpaired) electrons. The van der Waals surface area contributed by atoms with Crippen LogP contribution in [0, 0.1) is 23.6 Å². The predicted octanol–water partition coefficient (Wildman–Crippen LogP) is 2.17. The number of hydrogen-bond donors (Lipinski definition) is 2. The first kappa shape index (κ1) is 12.8. The SMILES string of the molecule is COc1nccc(C(NN)C(C2CC2)C2CC2)c1F. The molecule has 2 aliphatic carbocycles. The van der Waals surface area contributed by atoms with Crippen molar-refractivity contribution in [3.8, 4) is 5.88 Å². The van der Waals surface area contributed by atoms with E-state index in [4.69, 9.17) is 10.6 Å². The predicted molar refractivity (Wildman–Crippen MR) is 69.7 cm³/mol. The van der Waals surface area contributed by atoms with Gasteiger partial charge in [0, 0.05) is 11.8 Å². The molecule has 0 aromatic carbocycles. The molecule has 3 N–H and O–H groups in total. The van der Waals surface area contributed by atoms with Gasteiger partial charge in [0.05, 0.1) is 13.2 Å². The third-order valence-electron chi connectivity index (χ3n) is 4.31. The minimum Gasteiger partial charge on any atom is -0.479 e. The zero-order chi connectivity index (χ0) is 13.4. The number of nitrogens with two attached hydrogens (primary N) is 1. The topological polar surface area (TPSA) is 60.2 Å². The van der Waals surface area contributed by atoms with Crippen LogP contribution in [-0.2, 0) is 0 Å². The lowest BCUT2D eigenvalue weighted by atomic mass is 9.85. The van der Waals surface area contributed by atoms with E-state index < -0.39 is 0 Å². The Labute approximate surface area is 112 Å². The van der Waals surface area contributed by atoms with Gasteiger partial charge < -0.3 is 4.74 Å². The number of hydrazine groups is 1. The van der Waals surface area contributed by atoms with E-state index in [2.05, 4.69) is 10.4 Å². The minimum absolute atomic E-state index is 0.0445. The Morgan fingerprint density at radius 1 is 1.37 bits per heavy atom. The Hall–Kier alpha value is -1.20. The van der Waals surface area contributed by atoms with E-state index in [-0.39, 0.29) is 17.7 Å². The third kappa shape index (κ3) is 2.44. The Morgan fingerprint density at radius 3 is 2.47 bits per heavy atom. The summed E-state index contributed by atoms with van der Waals surface area (Å²) < 4.78 is 19.3. The van der Waals surface area contributed by atoms with Gasteiger partial charge in [-0.15, -0.1) is 0 Å². The Morgan fingerprint density at radius 2 is 2.00 bits per heavy atom. The molecule has 0 spiro atoms. The van der Waals surface area contributed by atoms with Gasteiger partial charge >= 0.3 is 0 Å². The molecule has 2 saturated carbocycles. The highest BCUT2D eigenvalue weighted by molar-refractivity contribution is 5.28. The fraction of sp³-hybridized carbons (Fsp3) is 0.643. The van der Waals surface area contributed by atoms with Gasteiger partial charge in [-0.1, -0.05) is 0 Å². The van der Waals surface area contributed by atoms with Gasteiger partial charge in [0.1, 0.15) is 0 Å². The summed E-state index contributed by atoms with van der Waals surface area (Å²) in [4.78, 5) is 3.89. The van der Waals surface area contributed by atoms with Crippen molar-refractivity contribution in [3.63, 3.8) is 0 Å². The van der Waals surface area contributed by atoms with Crippen LogP contribution in [0.15, 0.2) is 12.3 Å². The maximum atomic E-state index is 14.4. The molecule has 3 rings (SSSR count). The van der Waals surface area contributed by atoms with E-state index in [1.165, 1.54) is 32.8 Å². The molecule has 0 saturated heterocycles. The van der Waals surface area contributed by atoms with Crippen LogP contribution in [0.4, 0.5) is 4.39 Å². The first-order valence-electron chi connectivity index (χ1n) is 6.90. The molecule has 1 unspecified atom stereocenters. The Kier molecular flexibility index (Phi) is 3.41. The largest absolute Gasteiger partial charge is 0.479 e. The first-order chi connectivity index (χ1) is 9.26.